The first-order chi connectivity index (χ1) is 14.5. The molecule has 1 unspecified atom stereocenters. The number of imidazole rings is 1. The molecule has 0 amide bonds. The molecule has 5 rings (SSSR count). The van der Waals surface area contributed by atoms with Crippen LogP contribution in [0.4, 0.5) is 0 Å². The van der Waals surface area contributed by atoms with Crippen molar-refractivity contribution in [3.63, 3.8) is 0 Å². The van der Waals surface area contributed by atoms with E-state index in [1.54, 1.807) is 0 Å². The van der Waals surface area contributed by atoms with Crippen LogP contribution in [0.1, 0.15) is 38.6 Å². The molecule has 2 aliphatic rings. The summed E-state index contributed by atoms with van der Waals surface area (Å²) in [6.07, 6.45) is 9.69. The van der Waals surface area contributed by atoms with Crippen molar-refractivity contribution in [3.8, 4) is 0 Å². The summed E-state index contributed by atoms with van der Waals surface area (Å²) >= 11 is 6.36. The molecule has 2 aliphatic heterocycles. The van der Waals surface area contributed by atoms with Crippen molar-refractivity contribution in [2.24, 2.45) is 0 Å². The summed E-state index contributed by atoms with van der Waals surface area (Å²) in [5.41, 5.74) is 2.98. The van der Waals surface area contributed by atoms with Crippen molar-refractivity contribution >= 4 is 33.5 Å². The number of hydrogen-bond donors (Lipinski definition) is 2. The van der Waals surface area contributed by atoms with Gasteiger partial charge in [-0.05, 0) is 56.5 Å². The number of dihydropyridines is 1. The van der Waals surface area contributed by atoms with Gasteiger partial charge < -0.3 is 19.7 Å². The first-order valence-corrected chi connectivity index (χ1v) is 10.7. The van der Waals surface area contributed by atoms with Gasteiger partial charge in [-0.15, -0.1) is 0 Å². The average Bonchev–Trinajstić information content (AvgIpc) is 3.15. The molecule has 0 bridgehead atoms. The van der Waals surface area contributed by atoms with Crippen LogP contribution in [0.3, 0.4) is 0 Å². The molecule has 3 aromatic rings. The third-order valence-electron chi connectivity index (χ3n) is 6.14. The van der Waals surface area contributed by atoms with Gasteiger partial charge in [-0.2, -0.15) is 0 Å². The molecule has 156 valence electrons. The Kier molecular flexibility index (Phi) is 4.81. The SMILES string of the molecule is CC1=CNC(CO)(c2nc3cnc4ccc(Cl)cc4c3n2[C@@H]2CCO[C@H](C)C2)C=C1. The van der Waals surface area contributed by atoms with E-state index >= 15 is 0 Å². The summed E-state index contributed by atoms with van der Waals surface area (Å²) in [4.78, 5) is 9.60. The Morgan fingerprint density at radius 1 is 1.37 bits per heavy atom. The fourth-order valence-corrected chi connectivity index (χ4v) is 4.72. The van der Waals surface area contributed by atoms with Crippen molar-refractivity contribution in [1.29, 1.82) is 0 Å². The van der Waals surface area contributed by atoms with Gasteiger partial charge in [0.2, 0.25) is 0 Å². The minimum atomic E-state index is -0.801. The number of halogens is 1. The Morgan fingerprint density at radius 2 is 2.23 bits per heavy atom. The van der Waals surface area contributed by atoms with E-state index in [-0.39, 0.29) is 18.8 Å². The number of nitrogens with one attached hydrogen (secondary N) is 1. The predicted molar refractivity (Wildman–Crippen MR) is 119 cm³/mol. The van der Waals surface area contributed by atoms with Gasteiger partial charge in [-0.1, -0.05) is 17.7 Å². The van der Waals surface area contributed by atoms with Crippen LogP contribution in [0.5, 0.6) is 0 Å². The monoisotopic (exact) mass is 424 g/mol. The van der Waals surface area contributed by atoms with E-state index < -0.39 is 5.54 Å². The van der Waals surface area contributed by atoms with Gasteiger partial charge in [-0.25, -0.2) is 4.98 Å². The lowest BCUT2D eigenvalue weighted by molar-refractivity contribution is 0.00536. The molecule has 2 aromatic heterocycles. The average molecular weight is 425 g/mol. The Labute approximate surface area is 180 Å². The summed E-state index contributed by atoms with van der Waals surface area (Å²) in [6.45, 7) is 4.71. The lowest BCUT2D eigenvalue weighted by Gasteiger charge is -2.36. The van der Waals surface area contributed by atoms with Gasteiger partial charge in [0.25, 0.3) is 0 Å². The Balaban J connectivity index is 1.82. The number of benzene rings is 1. The largest absolute Gasteiger partial charge is 0.393 e. The zero-order chi connectivity index (χ0) is 20.9. The molecular weight excluding hydrogens is 400 g/mol. The molecule has 30 heavy (non-hydrogen) atoms. The molecule has 0 saturated carbocycles. The van der Waals surface area contributed by atoms with Crippen LogP contribution in [-0.4, -0.2) is 39.0 Å². The molecule has 3 atom stereocenters. The third kappa shape index (κ3) is 3.11. The standard InChI is InChI=1S/C23H25ClN4O2/c1-14-5-7-23(13-29,26-11-14)22-27-20-12-25-19-4-3-16(24)10-18(19)21(20)28(22)17-6-8-30-15(2)9-17/h3-5,7,10-12,15,17,26,29H,6,8-9,13H2,1-2H3/t15-,17-,23?/m1/s1. The second-order valence-corrected chi connectivity index (χ2v) is 8.75. The molecular formula is C23H25ClN4O2. The lowest BCUT2D eigenvalue weighted by atomic mass is 9.94. The van der Waals surface area contributed by atoms with Gasteiger partial charge in [0.15, 0.2) is 0 Å². The number of hydrogen-bond acceptors (Lipinski definition) is 5. The van der Waals surface area contributed by atoms with Crippen LogP contribution in [-0.2, 0) is 10.3 Å². The molecule has 0 aliphatic carbocycles. The van der Waals surface area contributed by atoms with Crippen molar-refractivity contribution in [3.05, 3.63) is 59.2 Å². The van der Waals surface area contributed by atoms with Crippen LogP contribution in [0, 0.1) is 0 Å². The summed E-state index contributed by atoms with van der Waals surface area (Å²) in [7, 11) is 0. The van der Waals surface area contributed by atoms with Crippen LogP contribution in [0.25, 0.3) is 21.9 Å². The Hall–Kier alpha value is -2.41. The van der Waals surface area contributed by atoms with Gasteiger partial charge in [0.1, 0.15) is 16.9 Å². The topological polar surface area (TPSA) is 72.2 Å². The molecule has 0 radical (unpaired) electrons. The summed E-state index contributed by atoms with van der Waals surface area (Å²) in [6, 6.07) is 5.95. The van der Waals surface area contributed by atoms with Gasteiger partial charge in [0, 0.05) is 29.3 Å². The minimum Gasteiger partial charge on any atom is -0.393 e. The van der Waals surface area contributed by atoms with E-state index in [9.17, 15) is 5.11 Å². The fourth-order valence-electron chi connectivity index (χ4n) is 4.55. The van der Waals surface area contributed by atoms with Crippen molar-refractivity contribution in [2.45, 2.75) is 44.4 Å². The summed E-state index contributed by atoms with van der Waals surface area (Å²) in [5.74, 6) is 0.786. The van der Waals surface area contributed by atoms with Gasteiger partial charge in [0.05, 0.1) is 29.9 Å². The number of nitrogens with zero attached hydrogens (tertiary/aromatic N) is 3. The number of fused-ring (bicyclic) bond motifs is 3. The quantitative estimate of drug-likeness (QED) is 0.658. The van der Waals surface area contributed by atoms with Gasteiger partial charge >= 0.3 is 0 Å². The van der Waals surface area contributed by atoms with E-state index in [1.165, 1.54) is 0 Å². The highest BCUT2D eigenvalue weighted by molar-refractivity contribution is 6.31. The molecule has 0 spiro atoms. The number of rotatable bonds is 3. The highest BCUT2D eigenvalue weighted by atomic mass is 35.5. The second-order valence-electron chi connectivity index (χ2n) is 8.31. The first kappa shape index (κ1) is 19.5. The van der Waals surface area contributed by atoms with Crippen molar-refractivity contribution in [1.82, 2.24) is 19.9 Å². The first-order valence-electron chi connectivity index (χ1n) is 10.3. The maximum Gasteiger partial charge on any atom is 0.142 e. The zero-order valence-corrected chi connectivity index (χ0v) is 17.9. The number of pyridine rings is 1. The zero-order valence-electron chi connectivity index (χ0n) is 17.1. The fraction of sp³-hybridized carbons (Fsp3) is 0.391. The summed E-state index contributed by atoms with van der Waals surface area (Å²) < 4.78 is 8.11. The number of ether oxygens (including phenoxy) is 1. The van der Waals surface area contributed by atoms with E-state index in [2.05, 4.69) is 21.8 Å². The summed E-state index contributed by atoms with van der Waals surface area (Å²) in [5, 5.41) is 15.5. The van der Waals surface area contributed by atoms with Gasteiger partial charge in [-0.3, -0.25) is 4.98 Å². The normalized spacial score (nSPS) is 26.7. The molecule has 7 heteroatoms. The highest BCUT2D eigenvalue weighted by Gasteiger charge is 2.38. The maximum atomic E-state index is 10.5. The van der Waals surface area contributed by atoms with E-state index in [1.807, 2.05) is 49.7 Å². The number of allylic oxidation sites excluding steroid dienone is 2. The molecule has 1 fully saturated rings. The molecule has 2 N–H and O–H groups in total. The number of aliphatic hydroxyl groups is 1. The predicted octanol–water partition coefficient (Wildman–Crippen LogP) is 4.23. The number of aromatic nitrogens is 3. The van der Waals surface area contributed by atoms with Crippen LogP contribution in [0.2, 0.25) is 5.02 Å². The lowest BCUT2D eigenvalue weighted by Crippen LogP contribution is -2.45. The van der Waals surface area contributed by atoms with Crippen molar-refractivity contribution < 1.29 is 9.84 Å². The van der Waals surface area contributed by atoms with E-state index in [0.29, 0.717) is 11.6 Å². The van der Waals surface area contributed by atoms with E-state index in [0.717, 1.165) is 46.2 Å². The maximum absolute atomic E-state index is 10.5. The van der Waals surface area contributed by atoms with Crippen LogP contribution < -0.4 is 5.32 Å². The smallest absolute Gasteiger partial charge is 0.142 e. The van der Waals surface area contributed by atoms with Crippen molar-refractivity contribution in [2.75, 3.05) is 13.2 Å². The Morgan fingerprint density at radius 3 is 2.97 bits per heavy atom. The highest BCUT2D eigenvalue weighted by Crippen LogP contribution is 2.38. The minimum absolute atomic E-state index is 0.110. The molecule has 1 aromatic carbocycles. The number of aliphatic hydroxyl groups excluding tert-OH is 1. The molecule has 6 nitrogen and oxygen atoms in total. The van der Waals surface area contributed by atoms with Crippen LogP contribution in [0.15, 0.2) is 48.3 Å². The second kappa shape index (κ2) is 7.38. The third-order valence-corrected chi connectivity index (χ3v) is 6.37. The van der Waals surface area contributed by atoms with Crippen LogP contribution >= 0.6 is 11.6 Å². The Bertz CT molecular complexity index is 1180. The molecule has 1 saturated heterocycles. The van der Waals surface area contributed by atoms with E-state index in [4.69, 9.17) is 21.3 Å². The molecule has 4 heterocycles.